The van der Waals surface area contributed by atoms with Crippen molar-refractivity contribution in [1.82, 2.24) is 10.6 Å². The Morgan fingerprint density at radius 1 is 1.50 bits per heavy atom. The van der Waals surface area contributed by atoms with Gasteiger partial charge in [0.25, 0.3) is 5.91 Å². The molecule has 3 N–H and O–H groups in total. The monoisotopic (exact) mass is 254 g/mol. The summed E-state index contributed by atoms with van der Waals surface area (Å²) in [5.74, 6) is -0.536. The molecule has 0 fully saturated rings. The van der Waals surface area contributed by atoms with Gasteiger partial charge in [-0.3, -0.25) is 9.59 Å². The van der Waals surface area contributed by atoms with Crippen LogP contribution in [0.15, 0.2) is 22.8 Å². The van der Waals surface area contributed by atoms with E-state index in [4.69, 9.17) is 9.52 Å². The molecule has 0 aliphatic rings. The molecule has 0 saturated carbocycles. The molecule has 6 nitrogen and oxygen atoms in total. The first kappa shape index (κ1) is 14.2. The van der Waals surface area contributed by atoms with E-state index in [1.54, 1.807) is 6.07 Å². The lowest BCUT2D eigenvalue weighted by Gasteiger charge is -2.15. The predicted molar refractivity (Wildman–Crippen MR) is 65.0 cm³/mol. The van der Waals surface area contributed by atoms with Crippen LogP contribution in [-0.4, -0.2) is 36.1 Å². The molecule has 1 aromatic heterocycles. The van der Waals surface area contributed by atoms with Crippen LogP contribution in [0, 0.1) is 0 Å². The predicted octanol–water partition coefficient (Wildman–Crippen LogP) is 0.287. The van der Waals surface area contributed by atoms with Crippen molar-refractivity contribution >= 4 is 11.8 Å². The number of aliphatic hydroxyl groups excluding tert-OH is 1. The third kappa shape index (κ3) is 4.58. The van der Waals surface area contributed by atoms with Gasteiger partial charge in [-0.1, -0.05) is 6.92 Å². The van der Waals surface area contributed by atoms with Crippen molar-refractivity contribution in [3.05, 3.63) is 24.2 Å². The lowest BCUT2D eigenvalue weighted by Crippen LogP contribution is -2.42. The van der Waals surface area contributed by atoms with E-state index in [9.17, 15) is 9.59 Å². The highest BCUT2D eigenvalue weighted by molar-refractivity contribution is 5.94. The van der Waals surface area contributed by atoms with E-state index in [-0.39, 0.29) is 30.9 Å². The maximum absolute atomic E-state index is 11.5. The van der Waals surface area contributed by atoms with E-state index in [0.29, 0.717) is 6.42 Å². The van der Waals surface area contributed by atoms with Gasteiger partial charge in [0.05, 0.1) is 12.8 Å². The Morgan fingerprint density at radius 3 is 2.83 bits per heavy atom. The van der Waals surface area contributed by atoms with Crippen LogP contribution in [0.5, 0.6) is 0 Å². The second kappa shape index (κ2) is 7.50. The third-order valence-corrected chi connectivity index (χ3v) is 2.49. The van der Waals surface area contributed by atoms with Crippen LogP contribution in [0.25, 0.3) is 0 Å². The van der Waals surface area contributed by atoms with Gasteiger partial charge in [-0.25, -0.2) is 0 Å². The fourth-order valence-electron chi connectivity index (χ4n) is 1.47. The van der Waals surface area contributed by atoms with Gasteiger partial charge < -0.3 is 20.2 Å². The van der Waals surface area contributed by atoms with Crippen molar-refractivity contribution in [3.8, 4) is 0 Å². The fraction of sp³-hybridized carbons (Fsp3) is 0.500. The first-order chi connectivity index (χ1) is 8.67. The normalized spacial score (nSPS) is 11.9. The Bertz CT molecular complexity index is 375. The number of aliphatic hydroxyl groups is 1. The summed E-state index contributed by atoms with van der Waals surface area (Å²) in [6.45, 7) is 1.83. The van der Waals surface area contributed by atoms with E-state index >= 15 is 0 Å². The van der Waals surface area contributed by atoms with Crippen molar-refractivity contribution < 1.29 is 19.1 Å². The molecule has 0 spiro atoms. The topological polar surface area (TPSA) is 91.6 Å². The zero-order valence-corrected chi connectivity index (χ0v) is 10.3. The largest absolute Gasteiger partial charge is 0.459 e. The molecule has 2 amide bonds. The average Bonchev–Trinajstić information content (AvgIpc) is 2.89. The number of carbonyl (C=O) groups excluding carboxylic acids is 2. The number of rotatable bonds is 7. The number of hydrogen-bond acceptors (Lipinski definition) is 4. The molecule has 1 unspecified atom stereocenters. The Kier molecular flexibility index (Phi) is 5.93. The van der Waals surface area contributed by atoms with E-state index in [0.717, 1.165) is 6.42 Å². The van der Waals surface area contributed by atoms with Crippen molar-refractivity contribution in [2.24, 2.45) is 0 Å². The third-order valence-electron chi connectivity index (χ3n) is 2.49. The molecule has 1 rings (SSSR count). The Balaban J connectivity index is 2.30. The highest BCUT2D eigenvalue weighted by Crippen LogP contribution is 1.99. The van der Waals surface area contributed by atoms with E-state index in [2.05, 4.69) is 10.6 Å². The summed E-state index contributed by atoms with van der Waals surface area (Å²) in [6, 6.07) is 3.06. The van der Waals surface area contributed by atoms with Gasteiger partial charge in [0.1, 0.15) is 0 Å². The molecule has 6 heteroatoms. The summed E-state index contributed by atoms with van der Waals surface area (Å²) in [5.41, 5.74) is 0. The standard InChI is InChI=1S/C12H18N2O4/c1-2-9(5-6-15)14-11(16)8-13-12(17)10-4-3-7-18-10/h3-4,7,9,15H,2,5-6,8H2,1H3,(H,13,17)(H,14,16). The maximum Gasteiger partial charge on any atom is 0.287 e. The minimum atomic E-state index is -0.426. The first-order valence-corrected chi connectivity index (χ1v) is 5.89. The molecule has 1 atom stereocenters. The van der Waals surface area contributed by atoms with Crippen LogP contribution >= 0.6 is 0 Å². The number of furan rings is 1. The van der Waals surface area contributed by atoms with E-state index in [1.165, 1.54) is 12.3 Å². The van der Waals surface area contributed by atoms with Crippen LogP contribution < -0.4 is 10.6 Å². The summed E-state index contributed by atoms with van der Waals surface area (Å²) in [4.78, 5) is 23.0. The van der Waals surface area contributed by atoms with Gasteiger partial charge >= 0.3 is 0 Å². The molecule has 0 aliphatic carbocycles. The van der Waals surface area contributed by atoms with Crippen molar-refractivity contribution in [2.75, 3.05) is 13.2 Å². The lowest BCUT2D eigenvalue weighted by molar-refractivity contribution is -0.120. The molecule has 1 aromatic rings. The molecule has 0 aromatic carbocycles. The second-order valence-electron chi connectivity index (χ2n) is 3.84. The molecule has 0 radical (unpaired) electrons. The van der Waals surface area contributed by atoms with E-state index in [1.807, 2.05) is 6.92 Å². The minimum Gasteiger partial charge on any atom is -0.459 e. The Morgan fingerprint density at radius 2 is 2.28 bits per heavy atom. The van der Waals surface area contributed by atoms with Crippen LogP contribution in [0.1, 0.15) is 30.3 Å². The van der Waals surface area contributed by atoms with Gasteiger partial charge in [-0.05, 0) is 25.0 Å². The molecule has 100 valence electrons. The zero-order valence-electron chi connectivity index (χ0n) is 10.3. The minimum absolute atomic E-state index is 0.0253. The molecule has 1 heterocycles. The zero-order chi connectivity index (χ0) is 13.4. The summed E-state index contributed by atoms with van der Waals surface area (Å²) in [7, 11) is 0. The van der Waals surface area contributed by atoms with Gasteiger partial charge in [-0.15, -0.1) is 0 Å². The summed E-state index contributed by atoms with van der Waals surface area (Å²) < 4.78 is 4.89. The maximum atomic E-state index is 11.5. The Hall–Kier alpha value is -1.82. The summed E-state index contributed by atoms with van der Waals surface area (Å²) >= 11 is 0. The summed E-state index contributed by atoms with van der Waals surface area (Å²) in [5, 5.41) is 14.0. The molecular weight excluding hydrogens is 236 g/mol. The highest BCUT2D eigenvalue weighted by Gasteiger charge is 2.12. The number of amides is 2. The van der Waals surface area contributed by atoms with Crippen LogP contribution in [0.2, 0.25) is 0 Å². The molecule has 18 heavy (non-hydrogen) atoms. The van der Waals surface area contributed by atoms with Crippen LogP contribution in [0.3, 0.4) is 0 Å². The molecule has 0 bridgehead atoms. The van der Waals surface area contributed by atoms with Gasteiger partial charge in [0, 0.05) is 12.6 Å². The first-order valence-electron chi connectivity index (χ1n) is 5.89. The molecular formula is C12H18N2O4. The van der Waals surface area contributed by atoms with E-state index < -0.39 is 5.91 Å². The SMILES string of the molecule is CCC(CCO)NC(=O)CNC(=O)c1ccco1. The van der Waals surface area contributed by atoms with Crippen LogP contribution in [0.4, 0.5) is 0 Å². The fourth-order valence-corrected chi connectivity index (χ4v) is 1.47. The van der Waals surface area contributed by atoms with Gasteiger partial charge in [0.15, 0.2) is 5.76 Å². The number of hydrogen-bond donors (Lipinski definition) is 3. The number of nitrogens with one attached hydrogen (secondary N) is 2. The average molecular weight is 254 g/mol. The Labute approximate surface area is 105 Å². The quantitative estimate of drug-likeness (QED) is 0.652. The van der Waals surface area contributed by atoms with Crippen molar-refractivity contribution in [2.45, 2.75) is 25.8 Å². The lowest BCUT2D eigenvalue weighted by atomic mass is 10.1. The second-order valence-corrected chi connectivity index (χ2v) is 3.84. The highest BCUT2D eigenvalue weighted by atomic mass is 16.3. The number of carbonyl (C=O) groups is 2. The smallest absolute Gasteiger partial charge is 0.287 e. The summed E-state index contributed by atoms with van der Waals surface area (Å²) in [6.07, 6.45) is 2.64. The van der Waals surface area contributed by atoms with Crippen molar-refractivity contribution in [3.63, 3.8) is 0 Å². The van der Waals surface area contributed by atoms with Gasteiger partial charge in [0.2, 0.25) is 5.91 Å². The molecule has 0 aliphatic heterocycles. The van der Waals surface area contributed by atoms with Gasteiger partial charge in [-0.2, -0.15) is 0 Å². The molecule has 0 saturated heterocycles. The van der Waals surface area contributed by atoms with Crippen LogP contribution in [-0.2, 0) is 4.79 Å². The van der Waals surface area contributed by atoms with Crippen molar-refractivity contribution in [1.29, 1.82) is 0 Å².